The van der Waals surface area contributed by atoms with Gasteiger partial charge < -0.3 is 5.32 Å². The van der Waals surface area contributed by atoms with Crippen molar-refractivity contribution in [1.29, 1.82) is 0 Å². The fourth-order valence-electron chi connectivity index (χ4n) is 1.74. The molecule has 1 aliphatic carbocycles. The average molecular weight is 150 g/mol. The predicted octanol–water partition coefficient (Wildman–Crippen LogP) is 0.734. The Bertz CT molecular complexity index is 206. The van der Waals surface area contributed by atoms with Gasteiger partial charge in [0.15, 0.2) is 0 Å². The Morgan fingerprint density at radius 2 is 2.55 bits per heavy atom. The monoisotopic (exact) mass is 150 g/mol. The average Bonchev–Trinajstić information content (AvgIpc) is 2.06. The number of fused-ring (bicyclic) bond motifs is 1. The third-order valence-electron chi connectivity index (χ3n) is 2.46. The molecule has 1 fully saturated rings. The van der Waals surface area contributed by atoms with Gasteiger partial charge in [0.25, 0.3) is 0 Å². The first-order valence-corrected chi connectivity index (χ1v) is 4.19. The van der Waals surface area contributed by atoms with E-state index >= 15 is 0 Å². The van der Waals surface area contributed by atoms with Crippen LogP contribution in [0.5, 0.6) is 0 Å². The van der Waals surface area contributed by atoms with Crippen molar-refractivity contribution in [2.24, 2.45) is 0 Å². The van der Waals surface area contributed by atoms with Gasteiger partial charge in [-0.05, 0) is 19.5 Å². The quantitative estimate of drug-likeness (QED) is 0.547. The van der Waals surface area contributed by atoms with Crippen molar-refractivity contribution in [2.75, 3.05) is 20.1 Å². The fraction of sp³-hybridized carbons (Fsp3) is 0.556. The molecule has 2 heteroatoms. The molecule has 0 spiro atoms. The van der Waals surface area contributed by atoms with E-state index in [9.17, 15) is 0 Å². The van der Waals surface area contributed by atoms with Crippen molar-refractivity contribution in [1.82, 2.24) is 10.2 Å². The first kappa shape index (κ1) is 6.92. The van der Waals surface area contributed by atoms with Crippen LogP contribution in [0.4, 0.5) is 0 Å². The van der Waals surface area contributed by atoms with Gasteiger partial charge in [0.1, 0.15) is 0 Å². The molecule has 0 bridgehead atoms. The molecule has 11 heavy (non-hydrogen) atoms. The number of likely N-dealkylation sites (N-methyl/N-ethyl adjacent to an activating group) is 1. The summed E-state index contributed by atoms with van der Waals surface area (Å²) in [5.74, 6) is 0. The lowest BCUT2D eigenvalue weighted by molar-refractivity contribution is 0.234. The van der Waals surface area contributed by atoms with Crippen molar-refractivity contribution < 1.29 is 0 Å². The fourth-order valence-corrected chi connectivity index (χ4v) is 1.74. The Hall–Kier alpha value is -0.760. The van der Waals surface area contributed by atoms with Crippen molar-refractivity contribution in [2.45, 2.75) is 12.5 Å². The van der Waals surface area contributed by atoms with Gasteiger partial charge in [-0.1, -0.05) is 12.2 Å². The van der Waals surface area contributed by atoms with Crippen molar-refractivity contribution >= 4 is 0 Å². The lowest BCUT2D eigenvalue weighted by Gasteiger charge is -2.36. The van der Waals surface area contributed by atoms with Crippen LogP contribution in [0.1, 0.15) is 6.42 Å². The Morgan fingerprint density at radius 3 is 3.36 bits per heavy atom. The van der Waals surface area contributed by atoms with Crippen LogP contribution in [0, 0.1) is 0 Å². The summed E-state index contributed by atoms with van der Waals surface area (Å²) in [7, 11) is 2.19. The summed E-state index contributed by atoms with van der Waals surface area (Å²) in [6.45, 7) is 2.25. The zero-order valence-corrected chi connectivity index (χ0v) is 6.88. The molecular formula is C9H14N2. The largest absolute Gasteiger partial charge is 0.386 e. The van der Waals surface area contributed by atoms with Crippen molar-refractivity contribution in [3.05, 3.63) is 23.9 Å². The molecule has 1 unspecified atom stereocenters. The summed E-state index contributed by atoms with van der Waals surface area (Å²) in [4.78, 5) is 2.41. The summed E-state index contributed by atoms with van der Waals surface area (Å²) >= 11 is 0. The number of nitrogens with zero attached hydrogens (tertiary/aromatic N) is 1. The molecule has 1 heterocycles. The molecule has 0 aromatic carbocycles. The SMILES string of the molecule is CN1CCNC2=CC=CCC21. The van der Waals surface area contributed by atoms with Crippen LogP contribution in [-0.4, -0.2) is 31.1 Å². The van der Waals surface area contributed by atoms with Crippen LogP contribution >= 0.6 is 0 Å². The molecule has 2 nitrogen and oxygen atoms in total. The number of rotatable bonds is 0. The molecule has 60 valence electrons. The lowest BCUT2D eigenvalue weighted by atomic mass is 10.0. The van der Waals surface area contributed by atoms with E-state index in [0.717, 1.165) is 19.5 Å². The van der Waals surface area contributed by atoms with E-state index in [4.69, 9.17) is 0 Å². The van der Waals surface area contributed by atoms with Crippen LogP contribution in [0.3, 0.4) is 0 Å². The van der Waals surface area contributed by atoms with E-state index < -0.39 is 0 Å². The highest BCUT2D eigenvalue weighted by Crippen LogP contribution is 2.18. The summed E-state index contributed by atoms with van der Waals surface area (Å²) < 4.78 is 0. The second-order valence-electron chi connectivity index (χ2n) is 3.21. The molecule has 0 aromatic heterocycles. The number of hydrogen-bond donors (Lipinski definition) is 1. The lowest BCUT2D eigenvalue weighted by Crippen LogP contribution is -2.47. The minimum Gasteiger partial charge on any atom is -0.386 e. The van der Waals surface area contributed by atoms with Crippen LogP contribution < -0.4 is 5.32 Å². The molecule has 0 amide bonds. The smallest absolute Gasteiger partial charge is 0.0527 e. The first-order chi connectivity index (χ1) is 5.38. The van der Waals surface area contributed by atoms with Gasteiger partial charge in [0, 0.05) is 18.8 Å². The molecule has 1 saturated heterocycles. The van der Waals surface area contributed by atoms with Gasteiger partial charge >= 0.3 is 0 Å². The number of hydrogen-bond acceptors (Lipinski definition) is 2. The molecule has 2 aliphatic rings. The maximum absolute atomic E-state index is 3.42. The minimum absolute atomic E-state index is 0.619. The third-order valence-corrected chi connectivity index (χ3v) is 2.46. The van der Waals surface area contributed by atoms with E-state index in [1.165, 1.54) is 5.70 Å². The standard InChI is InChI=1S/C9H14N2/c1-11-7-6-10-8-4-2-3-5-9(8)11/h2-4,9-10H,5-7H2,1H3. The van der Waals surface area contributed by atoms with E-state index in [1.54, 1.807) is 0 Å². The number of nitrogens with one attached hydrogen (secondary N) is 1. The Kier molecular flexibility index (Phi) is 1.70. The van der Waals surface area contributed by atoms with E-state index in [1.807, 2.05) is 0 Å². The molecule has 2 rings (SSSR count). The summed E-state index contributed by atoms with van der Waals surface area (Å²) in [6, 6.07) is 0.619. The molecule has 1 aliphatic heterocycles. The summed E-state index contributed by atoms with van der Waals surface area (Å²) in [5, 5.41) is 3.42. The second kappa shape index (κ2) is 2.70. The van der Waals surface area contributed by atoms with E-state index in [2.05, 4.69) is 35.5 Å². The topological polar surface area (TPSA) is 15.3 Å². The maximum Gasteiger partial charge on any atom is 0.0527 e. The number of allylic oxidation sites excluding steroid dienone is 2. The minimum atomic E-state index is 0.619. The Labute approximate surface area is 67.6 Å². The van der Waals surface area contributed by atoms with Crippen LogP contribution in [0.15, 0.2) is 23.9 Å². The maximum atomic E-state index is 3.42. The zero-order valence-electron chi connectivity index (χ0n) is 6.88. The van der Waals surface area contributed by atoms with Crippen LogP contribution in [-0.2, 0) is 0 Å². The third kappa shape index (κ3) is 1.18. The summed E-state index contributed by atoms with van der Waals surface area (Å²) in [5.41, 5.74) is 1.39. The van der Waals surface area contributed by atoms with Crippen molar-refractivity contribution in [3.63, 3.8) is 0 Å². The molecular weight excluding hydrogens is 136 g/mol. The normalized spacial score (nSPS) is 30.6. The van der Waals surface area contributed by atoms with Gasteiger partial charge in [-0.2, -0.15) is 0 Å². The van der Waals surface area contributed by atoms with E-state index in [0.29, 0.717) is 6.04 Å². The van der Waals surface area contributed by atoms with Crippen molar-refractivity contribution in [3.8, 4) is 0 Å². The zero-order chi connectivity index (χ0) is 7.68. The highest BCUT2D eigenvalue weighted by atomic mass is 15.2. The second-order valence-corrected chi connectivity index (χ2v) is 3.21. The van der Waals surface area contributed by atoms with Gasteiger partial charge in [0.05, 0.1) is 6.04 Å². The van der Waals surface area contributed by atoms with E-state index in [-0.39, 0.29) is 0 Å². The van der Waals surface area contributed by atoms with Gasteiger partial charge in [-0.25, -0.2) is 0 Å². The molecule has 0 aromatic rings. The Balaban J connectivity index is 2.18. The predicted molar refractivity (Wildman–Crippen MR) is 46.3 cm³/mol. The molecule has 0 saturated carbocycles. The number of piperazine rings is 1. The molecule has 0 radical (unpaired) electrons. The van der Waals surface area contributed by atoms with Crippen LogP contribution in [0.2, 0.25) is 0 Å². The first-order valence-electron chi connectivity index (χ1n) is 4.19. The molecule has 1 N–H and O–H groups in total. The Morgan fingerprint density at radius 1 is 1.64 bits per heavy atom. The van der Waals surface area contributed by atoms with Gasteiger partial charge in [0.2, 0.25) is 0 Å². The summed E-state index contributed by atoms with van der Waals surface area (Å²) in [6.07, 6.45) is 7.72. The highest BCUT2D eigenvalue weighted by molar-refractivity contribution is 5.24. The van der Waals surface area contributed by atoms with Gasteiger partial charge in [-0.15, -0.1) is 0 Å². The van der Waals surface area contributed by atoms with Crippen LogP contribution in [0.25, 0.3) is 0 Å². The highest BCUT2D eigenvalue weighted by Gasteiger charge is 2.22. The molecule has 1 atom stereocenters. The van der Waals surface area contributed by atoms with Gasteiger partial charge in [-0.3, -0.25) is 4.90 Å².